The average Bonchev–Trinajstić information content (AvgIpc) is 2.56. The lowest BCUT2D eigenvalue weighted by Gasteiger charge is -2.33. The van der Waals surface area contributed by atoms with E-state index in [9.17, 15) is 9.59 Å². The number of nitrogens with two attached hydrogens (primary N) is 1. The summed E-state index contributed by atoms with van der Waals surface area (Å²) in [6.45, 7) is 4.53. The molecule has 3 N–H and O–H groups in total. The SMILES string of the molecule is CCOC(=O)N[C@@H](Cc1ccccc1)CN1CCC(C(N)=O)CC1. The van der Waals surface area contributed by atoms with Gasteiger partial charge in [0.25, 0.3) is 0 Å². The maximum Gasteiger partial charge on any atom is 0.407 e. The van der Waals surface area contributed by atoms with Crippen molar-refractivity contribution in [2.75, 3.05) is 26.2 Å². The van der Waals surface area contributed by atoms with Crippen molar-refractivity contribution in [2.45, 2.75) is 32.2 Å². The number of nitrogens with one attached hydrogen (secondary N) is 1. The number of carbonyl (C=O) groups is 2. The Morgan fingerprint density at radius 2 is 1.96 bits per heavy atom. The second-order valence-corrected chi connectivity index (χ2v) is 6.23. The largest absolute Gasteiger partial charge is 0.450 e. The molecule has 6 nitrogen and oxygen atoms in total. The van der Waals surface area contributed by atoms with Gasteiger partial charge in [0.2, 0.25) is 5.91 Å². The van der Waals surface area contributed by atoms with Crippen LogP contribution in [0.4, 0.5) is 4.79 Å². The van der Waals surface area contributed by atoms with E-state index in [2.05, 4.69) is 22.3 Å². The third-order valence-electron chi connectivity index (χ3n) is 4.39. The summed E-state index contributed by atoms with van der Waals surface area (Å²) in [4.78, 5) is 25.4. The minimum Gasteiger partial charge on any atom is -0.450 e. The van der Waals surface area contributed by atoms with Crippen LogP contribution in [0.3, 0.4) is 0 Å². The van der Waals surface area contributed by atoms with Gasteiger partial charge in [0.15, 0.2) is 0 Å². The van der Waals surface area contributed by atoms with Crippen LogP contribution in [0.2, 0.25) is 0 Å². The number of benzene rings is 1. The first-order chi connectivity index (χ1) is 11.6. The van der Waals surface area contributed by atoms with Gasteiger partial charge in [-0.05, 0) is 44.8 Å². The third kappa shape index (κ3) is 5.85. The molecule has 2 rings (SSSR count). The van der Waals surface area contributed by atoms with Gasteiger partial charge in [-0.25, -0.2) is 4.79 Å². The number of likely N-dealkylation sites (tertiary alicyclic amines) is 1. The summed E-state index contributed by atoms with van der Waals surface area (Å²) < 4.78 is 5.02. The van der Waals surface area contributed by atoms with E-state index < -0.39 is 0 Å². The minimum atomic E-state index is -0.384. The fourth-order valence-electron chi connectivity index (χ4n) is 3.11. The Kier molecular flexibility index (Phi) is 7.06. The van der Waals surface area contributed by atoms with Crippen LogP contribution in [0.5, 0.6) is 0 Å². The van der Waals surface area contributed by atoms with Gasteiger partial charge >= 0.3 is 6.09 Å². The van der Waals surface area contributed by atoms with Gasteiger partial charge in [0.1, 0.15) is 0 Å². The molecule has 1 aromatic rings. The van der Waals surface area contributed by atoms with E-state index in [4.69, 9.17) is 10.5 Å². The molecule has 132 valence electrons. The van der Waals surface area contributed by atoms with Crippen LogP contribution in [0, 0.1) is 5.92 Å². The second kappa shape index (κ2) is 9.27. The van der Waals surface area contributed by atoms with Crippen LogP contribution < -0.4 is 11.1 Å². The number of nitrogens with zero attached hydrogens (tertiary/aromatic N) is 1. The van der Waals surface area contributed by atoms with Gasteiger partial charge in [-0.3, -0.25) is 4.79 Å². The summed E-state index contributed by atoms with van der Waals surface area (Å²) in [6.07, 6.45) is 1.93. The zero-order valence-electron chi connectivity index (χ0n) is 14.2. The first-order valence-electron chi connectivity index (χ1n) is 8.57. The fourth-order valence-corrected chi connectivity index (χ4v) is 3.11. The highest BCUT2D eigenvalue weighted by molar-refractivity contribution is 5.76. The van der Waals surface area contributed by atoms with E-state index in [1.807, 2.05) is 18.2 Å². The zero-order valence-corrected chi connectivity index (χ0v) is 14.2. The Morgan fingerprint density at radius 1 is 1.29 bits per heavy atom. The summed E-state index contributed by atoms with van der Waals surface area (Å²) in [5.74, 6) is -0.230. The van der Waals surface area contributed by atoms with Gasteiger partial charge in [-0.2, -0.15) is 0 Å². The number of carbonyl (C=O) groups excluding carboxylic acids is 2. The highest BCUT2D eigenvalue weighted by Crippen LogP contribution is 2.17. The Labute approximate surface area is 143 Å². The van der Waals surface area contributed by atoms with Crippen LogP contribution in [0.1, 0.15) is 25.3 Å². The molecule has 1 aliphatic rings. The Bertz CT molecular complexity index is 528. The maximum absolute atomic E-state index is 11.8. The molecule has 1 fully saturated rings. The Morgan fingerprint density at radius 3 is 2.54 bits per heavy atom. The zero-order chi connectivity index (χ0) is 17.4. The van der Waals surface area contributed by atoms with Crippen molar-refractivity contribution >= 4 is 12.0 Å². The number of ether oxygens (including phenoxy) is 1. The third-order valence-corrected chi connectivity index (χ3v) is 4.39. The lowest BCUT2D eigenvalue weighted by atomic mass is 9.95. The molecule has 1 saturated heterocycles. The summed E-state index contributed by atoms with van der Waals surface area (Å²) in [5.41, 5.74) is 6.56. The molecule has 0 saturated carbocycles. The molecule has 6 heteroatoms. The van der Waals surface area contributed by atoms with E-state index in [0.29, 0.717) is 6.61 Å². The number of piperidine rings is 1. The quantitative estimate of drug-likeness (QED) is 0.793. The van der Waals surface area contributed by atoms with Crippen molar-refractivity contribution in [3.05, 3.63) is 35.9 Å². The van der Waals surface area contributed by atoms with Crippen LogP contribution in [0.15, 0.2) is 30.3 Å². The molecule has 0 bridgehead atoms. The Hall–Kier alpha value is -2.08. The van der Waals surface area contributed by atoms with E-state index >= 15 is 0 Å². The normalized spacial score (nSPS) is 17.2. The number of hydrogen-bond acceptors (Lipinski definition) is 4. The van der Waals surface area contributed by atoms with E-state index in [1.165, 1.54) is 5.56 Å². The van der Waals surface area contributed by atoms with Gasteiger partial charge < -0.3 is 20.7 Å². The van der Waals surface area contributed by atoms with Gasteiger partial charge in [-0.1, -0.05) is 30.3 Å². The summed E-state index contributed by atoms with van der Waals surface area (Å²) in [5, 5.41) is 2.95. The van der Waals surface area contributed by atoms with Crippen LogP contribution in [-0.4, -0.2) is 49.2 Å². The standard InChI is InChI=1S/C18H27N3O3/c1-2-24-18(23)20-16(12-14-6-4-3-5-7-14)13-21-10-8-15(9-11-21)17(19)22/h3-7,15-16H,2,8-13H2,1H3,(H2,19,22)(H,20,23)/t16-/m0/s1. The van der Waals surface area contributed by atoms with Crippen molar-refractivity contribution in [2.24, 2.45) is 11.7 Å². The molecule has 0 aliphatic carbocycles. The van der Waals surface area contributed by atoms with Gasteiger partial charge in [-0.15, -0.1) is 0 Å². The van der Waals surface area contributed by atoms with Crippen molar-refractivity contribution in [1.82, 2.24) is 10.2 Å². The van der Waals surface area contributed by atoms with Gasteiger partial charge in [0, 0.05) is 18.5 Å². The van der Waals surface area contributed by atoms with Crippen molar-refractivity contribution in [3.63, 3.8) is 0 Å². The van der Waals surface area contributed by atoms with Crippen LogP contribution >= 0.6 is 0 Å². The molecule has 0 aromatic heterocycles. The molecule has 24 heavy (non-hydrogen) atoms. The molecular weight excluding hydrogens is 306 g/mol. The lowest BCUT2D eigenvalue weighted by molar-refractivity contribution is -0.123. The predicted molar refractivity (Wildman–Crippen MR) is 92.5 cm³/mol. The Balaban J connectivity index is 1.92. The minimum absolute atomic E-state index is 0.0214. The highest BCUT2D eigenvalue weighted by atomic mass is 16.5. The van der Waals surface area contributed by atoms with Crippen molar-refractivity contribution < 1.29 is 14.3 Å². The number of rotatable bonds is 7. The molecule has 0 unspecified atom stereocenters. The molecule has 0 spiro atoms. The maximum atomic E-state index is 11.8. The van der Waals surface area contributed by atoms with Crippen LogP contribution in [-0.2, 0) is 16.0 Å². The molecule has 1 aliphatic heterocycles. The van der Waals surface area contributed by atoms with E-state index in [-0.39, 0.29) is 24.0 Å². The second-order valence-electron chi connectivity index (χ2n) is 6.23. The molecule has 2 amide bonds. The van der Waals surface area contributed by atoms with Crippen molar-refractivity contribution in [1.29, 1.82) is 0 Å². The fraction of sp³-hybridized carbons (Fsp3) is 0.556. The van der Waals surface area contributed by atoms with Gasteiger partial charge in [0.05, 0.1) is 6.61 Å². The molecular formula is C18H27N3O3. The number of alkyl carbamates (subject to hydrolysis) is 1. The number of amides is 2. The number of primary amides is 1. The molecule has 1 aromatic carbocycles. The van der Waals surface area contributed by atoms with E-state index in [0.717, 1.165) is 38.9 Å². The lowest BCUT2D eigenvalue weighted by Crippen LogP contribution is -2.48. The smallest absolute Gasteiger partial charge is 0.407 e. The number of hydrogen-bond donors (Lipinski definition) is 2. The topological polar surface area (TPSA) is 84.7 Å². The highest BCUT2D eigenvalue weighted by Gasteiger charge is 2.25. The summed E-state index contributed by atoms with van der Waals surface area (Å²) in [6, 6.07) is 10.0. The first-order valence-corrected chi connectivity index (χ1v) is 8.57. The molecule has 0 radical (unpaired) electrons. The first kappa shape index (κ1) is 18.3. The molecule has 1 atom stereocenters. The molecule has 1 heterocycles. The van der Waals surface area contributed by atoms with Crippen LogP contribution in [0.25, 0.3) is 0 Å². The average molecular weight is 333 g/mol. The predicted octanol–water partition coefficient (Wildman–Crippen LogP) is 1.54. The monoisotopic (exact) mass is 333 g/mol. The van der Waals surface area contributed by atoms with E-state index in [1.54, 1.807) is 6.92 Å². The van der Waals surface area contributed by atoms with Crippen molar-refractivity contribution in [3.8, 4) is 0 Å². The summed E-state index contributed by atoms with van der Waals surface area (Å²) in [7, 11) is 0. The summed E-state index contributed by atoms with van der Waals surface area (Å²) >= 11 is 0.